The Morgan fingerprint density at radius 3 is 2.68 bits per heavy atom. The third-order valence-electron chi connectivity index (χ3n) is 3.89. The number of rotatable bonds is 3. The number of anilines is 1. The monoisotopic (exact) mass is 324 g/mol. The lowest BCUT2D eigenvalue weighted by Crippen LogP contribution is -2.42. The zero-order chi connectivity index (χ0) is 16.3. The zero-order valence-corrected chi connectivity index (χ0v) is 13.9. The van der Waals surface area contributed by atoms with Crippen molar-refractivity contribution in [2.24, 2.45) is 0 Å². The first-order valence-corrected chi connectivity index (χ1v) is 7.78. The maximum absolute atomic E-state index is 12.8. The summed E-state index contributed by atoms with van der Waals surface area (Å²) in [6.45, 7) is 4.20. The average Bonchev–Trinajstić information content (AvgIpc) is 2.48. The minimum atomic E-state index is -0.229. The number of piperidine rings is 1. The fourth-order valence-corrected chi connectivity index (χ4v) is 2.94. The fraction of sp³-hybridized carbons (Fsp3) is 0.500. The summed E-state index contributed by atoms with van der Waals surface area (Å²) in [6, 6.07) is 3.36. The highest BCUT2D eigenvalue weighted by molar-refractivity contribution is 6.34. The zero-order valence-electron chi connectivity index (χ0n) is 13.1. The van der Waals surface area contributed by atoms with Gasteiger partial charge in [-0.15, -0.1) is 0 Å². The molecular weight excluding hydrogens is 304 g/mol. The van der Waals surface area contributed by atoms with Gasteiger partial charge in [0.15, 0.2) is 0 Å². The van der Waals surface area contributed by atoms with E-state index >= 15 is 0 Å². The van der Waals surface area contributed by atoms with Crippen LogP contribution < -0.4 is 10.1 Å². The molecule has 0 radical (unpaired) electrons. The number of amides is 2. The van der Waals surface area contributed by atoms with Crippen LogP contribution in [0.5, 0.6) is 5.75 Å². The van der Waals surface area contributed by atoms with Crippen LogP contribution in [0.4, 0.5) is 5.69 Å². The van der Waals surface area contributed by atoms with E-state index in [9.17, 15) is 9.59 Å². The minimum absolute atomic E-state index is 0.0830. The molecule has 1 heterocycles. The molecule has 1 aliphatic rings. The van der Waals surface area contributed by atoms with Gasteiger partial charge in [0.05, 0.1) is 23.4 Å². The van der Waals surface area contributed by atoms with Crippen molar-refractivity contribution in [2.75, 3.05) is 19.0 Å². The molecule has 2 rings (SSSR count). The van der Waals surface area contributed by atoms with Crippen molar-refractivity contribution in [3.05, 3.63) is 22.7 Å². The number of methoxy groups -OCH3 is 1. The summed E-state index contributed by atoms with van der Waals surface area (Å²) in [5.74, 6) is 0.101. The van der Waals surface area contributed by atoms with Gasteiger partial charge >= 0.3 is 0 Å². The number of carbonyl (C=O) groups excluding carboxylic acids is 2. The average molecular weight is 325 g/mol. The van der Waals surface area contributed by atoms with Gasteiger partial charge in [0, 0.05) is 25.6 Å². The maximum Gasteiger partial charge on any atom is 0.257 e. The standard InChI is InChI=1S/C16H21ClN2O3/c1-10-6-4-5-7-19(10)16(21)12-8-13(17)14(18-11(2)20)9-15(12)22-3/h8-10H,4-7H2,1-3H3,(H,18,20). The van der Waals surface area contributed by atoms with Gasteiger partial charge in [-0.05, 0) is 32.3 Å². The quantitative estimate of drug-likeness (QED) is 0.927. The first-order chi connectivity index (χ1) is 10.4. The first kappa shape index (κ1) is 16.6. The number of carbonyl (C=O) groups is 2. The Morgan fingerprint density at radius 2 is 2.09 bits per heavy atom. The van der Waals surface area contributed by atoms with Crippen molar-refractivity contribution >= 4 is 29.1 Å². The number of nitrogens with zero attached hydrogens (tertiary/aromatic N) is 1. The number of hydrogen-bond donors (Lipinski definition) is 1. The van der Waals surface area contributed by atoms with Crippen LogP contribution in [-0.2, 0) is 4.79 Å². The van der Waals surface area contributed by atoms with E-state index in [0.29, 0.717) is 22.0 Å². The molecule has 0 spiro atoms. The lowest BCUT2D eigenvalue weighted by atomic mass is 10.0. The Balaban J connectivity index is 2.35. The van der Waals surface area contributed by atoms with Crippen molar-refractivity contribution in [1.82, 2.24) is 4.90 Å². The molecule has 1 aromatic carbocycles. The number of likely N-dealkylation sites (tertiary alicyclic amines) is 1. The molecule has 1 N–H and O–H groups in total. The number of nitrogens with one attached hydrogen (secondary N) is 1. The predicted octanol–water partition coefficient (Wildman–Crippen LogP) is 3.32. The van der Waals surface area contributed by atoms with Crippen LogP contribution in [0.15, 0.2) is 12.1 Å². The second kappa shape index (κ2) is 7.01. The summed E-state index contributed by atoms with van der Waals surface area (Å²) in [6.07, 6.45) is 3.16. The lowest BCUT2D eigenvalue weighted by Gasteiger charge is -2.33. The molecule has 0 aliphatic carbocycles. The van der Waals surface area contributed by atoms with Crippen molar-refractivity contribution < 1.29 is 14.3 Å². The molecule has 120 valence electrons. The van der Waals surface area contributed by atoms with Crippen molar-refractivity contribution in [3.63, 3.8) is 0 Å². The maximum atomic E-state index is 12.8. The highest BCUT2D eigenvalue weighted by Crippen LogP contribution is 2.33. The van der Waals surface area contributed by atoms with Gasteiger partial charge in [-0.1, -0.05) is 11.6 Å². The Labute approximate surface area is 135 Å². The van der Waals surface area contributed by atoms with Crippen molar-refractivity contribution in [2.45, 2.75) is 39.2 Å². The number of hydrogen-bond acceptors (Lipinski definition) is 3. The Morgan fingerprint density at radius 1 is 1.36 bits per heavy atom. The second-order valence-electron chi connectivity index (χ2n) is 5.56. The van der Waals surface area contributed by atoms with E-state index in [1.807, 2.05) is 4.90 Å². The van der Waals surface area contributed by atoms with Gasteiger partial charge in [-0.3, -0.25) is 9.59 Å². The van der Waals surface area contributed by atoms with Gasteiger partial charge < -0.3 is 15.0 Å². The Kier molecular flexibility index (Phi) is 5.29. The molecule has 1 unspecified atom stereocenters. The van der Waals surface area contributed by atoms with Crippen LogP contribution in [0.1, 0.15) is 43.5 Å². The Hall–Kier alpha value is -1.75. The third kappa shape index (κ3) is 3.53. The molecule has 1 aliphatic heterocycles. The first-order valence-electron chi connectivity index (χ1n) is 7.40. The molecule has 0 aromatic heterocycles. The van der Waals surface area contributed by atoms with Crippen LogP contribution in [0.2, 0.25) is 5.02 Å². The van der Waals surface area contributed by atoms with Gasteiger partial charge in [0.25, 0.3) is 5.91 Å². The van der Waals surface area contributed by atoms with Gasteiger partial charge in [0.2, 0.25) is 5.91 Å². The molecule has 0 bridgehead atoms. The molecule has 2 amide bonds. The van der Waals surface area contributed by atoms with E-state index in [4.69, 9.17) is 16.3 Å². The second-order valence-corrected chi connectivity index (χ2v) is 5.96. The molecule has 1 saturated heterocycles. The predicted molar refractivity (Wildman–Crippen MR) is 86.7 cm³/mol. The topological polar surface area (TPSA) is 58.6 Å². The van der Waals surface area contributed by atoms with Crippen LogP contribution in [0, 0.1) is 0 Å². The molecular formula is C16H21ClN2O3. The summed E-state index contributed by atoms with van der Waals surface area (Å²) in [5.41, 5.74) is 0.865. The molecule has 6 heteroatoms. The molecule has 22 heavy (non-hydrogen) atoms. The van der Waals surface area contributed by atoms with Crippen molar-refractivity contribution in [3.8, 4) is 5.75 Å². The van der Waals surface area contributed by atoms with E-state index in [2.05, 4.69) is 12.2 Å². The van der Waals surface area contributed by atoms with Crippen LogP contribution in [0.25, 0.3) is 0 Å². The largest absolute Gasteiger partial charge is 0.496 e. The summed E-state index contributed by atoms with van der Waals surface area (Å²) >= 11 is 6.18. The van der Waals surface area contributed by atoms with Gasteiger partial charge in [0.1, 0.15) is 5.75 Å². The highest BCUT2D eigenvalue weighted by Gasteiger charge is 2.27. The van der Waals surface area contributed by atoms with E-state index in [-0.39, 0.29) is 17.9 Å². The lowest BCUT2D eigenvalue weighted by molar-refractivity contribution is -0.114. The number of halogens is 1. The van der Waals surface area contributed by atoms with E-state index < -0.39 is 0 Å². The van der Waals surface area contributed by atoms with Crippen LogP contribution in [-0.4, -0.2) is 36.4 Å². The molecule has 1 fully saturated rings. The van der Waals surface area contributed by atoms with E-state index in [1.165, 1.54) is 14.0 Å². The molecule has 5 nitrogen and oxygen atoms in total. The minimum Gasteiger partial charge on any atom is -0.496 e. The summed E-state index contributed by atoms with van der Waals surface area (Å²) in [4.78, 5) is 25.8. The van der Waals surface area contributed by atoms with Crippen molar-refractivity contribution in [1.29, 1.82) is 0 Å². The van der Waals surface area contributed by atoms with E-state index in [0.717, 1.165) is 25.8 Å². The number of ether oxygens (including phenoxy) is 1. The normalized spacial score (nSPS) is 18.0. The molecule has 1 aromatic rings. The van der Waals surface area contributed by atoms with E-state index in [1.54, 1.807) is 12.1 Å². The van der Waals surface area contributed by atoms with Gasteiger partial charge in [-0.2, -0.15) is 0 Å². The smallest absolute Gasteiger partial charge is 0.257 e. The summed E-state index contributed by atoms with van der Waals surface area (Å²) < 4.78 is 5.31. The fourth-order valence-electron chi connectivity index (χ4n) is 2.73. The van der Waals surface area contributed by atoms with Gasteiger partial charge in [-0.25, -0.2) is 0 Å². The Bertz CT molecular complexity index is 589. The van der Waals surface area contributed by atoms with Crippen LogP contribution >= 0.6 is 11.6 Å². The van der Waals surface area contributed by atoms with Crippen LogP contribution in [0.3, 0.4) is 0 Å². The summed E-state index contributed by atoms with van der Waals surface area (Å²) in [5, 5.41) is 2.95. The molecule has 1 atom stereocenters. The molecule has 0 saturated carbocycles. The summed E-state index contributed by atoms with van der Waals surface area (Å²) in [7, 11) is 1.50. The highest BCUT2D eigenvalue weighted by atomic mass is 35.5. The third-order valence-corrected chi connectivity index (χ3v) is 4.21. The number of benzene rings is 1. The SMILES string of the molecule is COc1cc(NC(C)=O)c(Cl)cc1C(=O)N1CCCCC1C.